The van der Waals surface area contributed by atoms with Gasteiger partial charge in [-0.2, -0.15) is 0 Å². The van der Waals surface area contributed by atoms with Crippen LogP contribution >= 0.6 is 11.3 Å². The summed E-state index contributed by atoms with van der Waals surface area (Å²) in [6.07, 6.45) is 1.71. The minimum atomic E-state index is -0.0886. The fourth-order valence-corrected chi connectivity index (χ4v) is 2.69. The van der Waals surface area contributed by atoms with Gasteiger partial charge in [0.1, 0.15) is 6.61 Å². The minimum Gasteiger partial charge on any atom is -0.375 e. The summed E-state index contributed by atoms with van der Waals surface area (Å²) in [6.45, 7) is 3.02. The number of methoxy groups -OCH3 is 1. The van der Waals surface area contributed by atoms with Gasteiger partial charge < -0.3 is 14.4 Å². The number of thiazole rings is 1. The van der Waals surface area contributed by atoms with Gasteiger partial charge in [-0.05, 0) is 7.05 Å². The lowest BCUT2D eigenvalue weighted by molar-refractivity contribution is -0.123. The standard InChI is InChI=1S/C12H19N3O3S/c1-14-4-5-18-10(7-14)8-15(11(16)9-17-2)12-13-3-6-19-12/h3,6,10H,4-5,7-9H2,1-2H3. The molecule has 1 aromatic heterocycles. The van der Waals surface area contributed by atoms with Crippen LogP contribution in [0.15, 0.2) is 11.6 Å². The molecule has 0 radical (unpaired) electrons. The van der Waals surface area contributed by atoms with Crippen LogP contribution in [0.4, 0.5) is 5.13 Å². The van der Waals surface area contributed by atoms with Crippen LogP contribution < -0.4 is 4.90 Å². The van der Waals surface area contributed by atoms with E-state index in [9.17, 15) is 4.79 Å². The van der Waals surface area contributed by atoms with Crippen molar-refractivity contribution < 1.29 is 14.3 Å². The first kappa shape index (κ1) is 14.4. The van der Waals surface area contributed by atoms with Crippen LogP contribution in [0, 0.1) is 0 Å². The predicted molar refractivity (Wildman–Crippen MR) is 73.6 cm³/mol. The smallest absolute Gasteiger partial charge is 0.254 e. The molecule has 2 rings (SSSR count). The molecular weight excluding hydrogens is 266 g/mol. The van der Waals surface area contributed by atoms with Crippen molar-refractivity contribution in [3.8, 4) is 0 Å². The number of carbonyl (C=O) groups excluding carboxylic acids is 1. The number of amides is 1. The second-order valence-electron chi connectivity index (χ2n) is 4.51. The van der Waals surface area contributed by atoms with Gasteiger partial charge in [-0.25, -0.2) is 4.98 Å². The normalized spacial score (nSPS) is 20.4. The maximum Gasteiger partial charge on any atom is 0.254 e. The summed E-state index contributed by atoms with van der Waals surface area (Å²) in [5.74, 6) is -0.0886. The van der Waals surface area contributed by atoms with E-state index in [1.54, 1.807) is 11.1 Å². The summed E-state index contributed by atoms with van der Waals surface area (Å²) < 4.78 is 10.6. The van der Waals surface area contributed by atoms with Gasteiger partial charge in [0.2, 0.25) is 0 Å². The molecule has 19 heavy (non-hydrogen) atoms. The van der Waals surface area contributed by atoms with Gasteiger partial charge in [0, 0.05) is 31.8 Å². The van der Waals surface area contributed by atoms with Gasteiger partial charge in [-0.3, -0.25) is 9.69 Å². The van der Waals surface area contributed by atoms with E-state index in [1.165, 1.54) is 18.4 Å². The van der Waals surface area contributed by atoms with Crippen LogP contribution in [0.2, 0.25) is 0 Å². The van der Waals surface area contributed by atoms with Crippen LogP contribution in [-0.4, -0.2) is 68.9 Å². The van der Waals surface area contributed by atoms with Crippen LogP contribution in [-0.2, 0) is 14.3 Å². The predicted octanol–water partition coefficient (Wildman–Crippen LogP) is 0.453. The Morgan fingerprint density at radius 2 is 2.58 bits per heavy atom. The SMILES string of the molecule is COCC(=O)N(CC1CN(C)CCO1)c1nccs1. The van der Waals surface area contributed by atoms with Crippen molar-refractivity contribution in [1.29, 1.82) is 0 Å². The van der Waals surface area contributed by atoms with Crippen LogP contribution in [0.5, 0.6) is 0 Å². The lowest BCUT2D eigenvalue weighted by atomic mass is 10.2. The topological polar surface area (TPSA) is 54.9 Å². The highest BCUT2D eigenvalue weighted by molar-refractivity contribution is 7.13. The van der Waals surface area contributed by atoms with Crippen LogP contribution in [0.25, 0.3) is 0 Å². The molecule has 0 spiro atoms. The Balaban J connectivity index is 2.03. The van der Waals surface area contributed by atoms with E-state index in [4.69, 9.17) is 9.47 Å². The Morgan fingerprint density at radius 3 is 3.21 bits per heavy atom. The summed E-state index contributed by atoms with van der Waals surface area (Å²) in [6, 6.07) is 0. The molecule has 1 atom stereocenters. The number of likely N-dealkylation sites (N-methyl/N-ethyl adjacent to an activating group) is 1. The molecular formula is C12H19N3O3S. The molecule has 106 valence electrons. The van der Waals surface area contributed by atoms with E-state index < -0.39 is 0 Å². The summed E-state index contributed by atoms with van der Waals surface area (Å²) in [5.41, 5.74) is 0. The average Bonchev–Trinajstić information content (AvgIpc) is 2.90. The highest BCUT2D eigenvalue weighted by atomic mass is 32.1. The van der Waals surface area contributed by atoms with E-state index >= 15 is 0 Å². The third kappa shape index (κ3) is 3.97. The van der Waals surface area contributed by atoms with Crippen molar-refractivity contribution in [2.24, 2.45) is 0 Å². The number of rotatable bonds is 5. The average molecular weight is 285 g/mol. The molecule has 1 aliphatic rings. The third-order valence-corrected chi connectivity index (χ3v) is 3.74. The molecule has 1 aliphatic heterocycles. The molecule has 7 heteroatoms. The van der Waals surface area contributed by atoms with Gasteiger partial charge >= 0.3 is 0 Å². The number of nitrogens with zero attached hydrogens (tertiary/aromatic N) is 3. The van der Waals surface area contributed by atoms with Crippen molar-refractivity contribution in [2.75, 3.05) is 51.9 Å². The maximum absolute atomic E-state index is 12.1. The molecule has 1 unspecified atom stereocenters. The first-order chi connectivity index (χ1) is 9.20. The van der Waals surface area contributed by atoms with E-state index in [0.29, 0.717) is 18.3 Å². The molecule has 0 aromatic carbocycles. The zero-order valence-electron chi connectivity index (χ0n) is 11.2. The highest BCUT2D eigenvalue weighted by Gasteiger charge is 2.25. The summed E-state index contributed by atoms with van der Waals surface area (Å²) >= 11 is 1.44. The van der Waals surface area contributed by atoms with Gasteiger partial charge in [0.15, 0.2) is 5.13 Å². The Labute approximate surface area is 116 Å². The molecule has 0 aliphatic carbocycles. The van der Waals surface area contributed by atoms with Crippen molar-refractivity contribution in [3.05, 3.63) is 11.6 Å². The van der Waals surface area contributed by atoms with Crippen molar-refractivity contribution >= 4 is 22.4 Å². The fourth-order valence-electron chi connectivity index (χ4n) is 2.02. The molecule has 0 N–H and O–H groups in total. The number of hydrogen-bond donors (Lipinski definition) is 0. The monoisotopic (exact) mass is 285 g/mol. The number of carbonyl (C=O) groups is 1. The van der Waals surface area contributed by atoms with Gasteiger partial charge in [0.05, 0.1) is 19.3 Å². The number of hydrogen-bond acceptors (Lipinski definition) is 6. The van der Waals surface area contributed by atoms with Gasteiger partial charge in [0.25, 0.3) is 5.91 Å². The molecule has 0 saturated carbocycles. The Hall–Kier alpha value is -1.02. The van der Waals surface area contributed by atoms with Gasteiger partial charge in [-0.1, -0.05) is 0 Å². The summed E-state index contributed by atoms with van der Waals surface area (Å²) in [7, 11) is 3.57. The second kappa shape index (κ2) is 6.95. The Bertz CT molecular complexity index is 399. The number of ether oxygens (including phenoxy) is 2. The molecule has 1 amide bonds. The lowest BCUT2D eigenvalue weighted by Gasteiger charge is -2.33. The van der Waals surface area contributed by atoms with Crippen LogP contribution in [0.1, 0.15) is 0 Å². The summed E-state index contributed by atoms with van der Waals surface area (Å²) in [5, 5.41) is 2.55. The maximum atomic E-state index is 12.1. The fraction of sp³-hybridized carbons (Fsp3) is 0.667. The minimum absolute atomic E-state index is 0.0171. The largest absolute Gasteiger partial charge is 0.375 e. The molecule has 1 aromatic rings. The van der Waals surface area contributed by atoms with E-state index in [1.807, 2.05) is 5.38 Å². The van der Waals surface area contributed by atoms with Gasteiger partial charge in [-0.15, -0.1) is 11.3 Å². The van der Waals surface area contributed by atoms with Crippen molar-refractivity contribution in [3.63, 3.8) is 0 Å². The lowest BCUT2D eigenvalue weighted by Crippen LogP contribution is -2.48. The quantitative estimate of drug-likeness (QED) is 0.786. The Kier molecular flexibility index (Phi) is 5.26. The molecule has 1 fully saturated rings. The van der Waals surface area contributed by atoms with Crippen molar-refractivity contribution in [2.45, 2.75) is 6.10 Å². The first-order valence-electron chi connectivity index (χ1n) is 6.19. The summed E-state index contributed by atoms with van der Waals surface area (Å²) in [4.78, 5) is 20.2. The second-order valence-corrected chi connectivity index (χ2v) is 5.38. The number of aromatic nitrogens is 1. The van der Waals surface area contributed by atoms with E-state index in [-0.39, 0.29) is 18.6 Å². The molecule has 2 heterocycles. The third-order valence-electron chi connectivity index (χ3n) is 2.95. The Morgan fingerprint density at radius 1 is 1.74 bits per heavy atom. The van der Waals surface area contributed by atoms with Crippen molar-refractivity contribution in [1.82, 2.24) is 9.88 Å². The number of anilines is 1. The van der Waals surface area contributed by atoms with Crippen LogP contribution in [0.3, 0.4) is 0 Å². The van der Waals surface area contributed by atoms with E-state index in [0.717, 1.165) is 13.1 Å². The first-order valence-corrected chi connectivity index (χ1v) is 7.07. The molecule has 0 bridgehead atoms. The molecule has 1 saturated heterocycles. The zero-order valence-corrected chi connectivity index (χ0v) is 12.1. The number of morpholine rings is 1. The highest BCUT2D eigenvalue weighted by Crippen LogP contribution is 2.19. The zero-order chi connectivity index (χ0) is 13.7. The van der Waals surface area contributed by atoms with E-state index in [2.05, 4.69) is 16.9 Å². The molecule has 6 nitrogen and oxygen atoms in total.